The molecule has 176 valence electrons. The highest BCUT2D eigenvalue weighted by Gasteiger charge is 2.27. The van der Waals surface area contributed by atoms with Crippen molar-refractivity contribution in [3.63, 3.8) is 0 Å². The van der Waals surface area contributed by atoms with Crippen LogP contribution in [0.15, 0.2) is 62.9 Å². The predicted octanol–water partition coefficient (Wildman–Crippen LogP) is 3.37. The zero-order valence-corrected chi connectivity index (χ0v) is 19.6. The fourth-order valence-corrected chi connectivity index (χ4v) is 5.91. The summed E-state index contributed by atoms with van der Waals surface area (Å²) in [5, 5.41) is 3.28. The second-order valence-corrected chi connectivity index (χ2v) is 10.2. The van der Waals surface area contributed by atoms with Crippen molar-refractivity contribution < 1.29 is 17.2 Å². The standard InChI is InChI=1S/C22H20FN5O4S2/c1-13(15-4-2-3-5-16(15)14-8-10-24-11-9-14)28-17-6-7-18(19(23)20(17)32-22(28)29)34(30,31)27-21-25-12-26-33-21/h2-8,12-13,24H,9-11H2,1H3,(H,25,26,27)/t13-/m0/s1. The van der Waals surface area contributed by atoms with Crippen molar-refractivity contribution >= 4 is 43.4 Å². The first-order valence-electron chi connectivity index (χ1n) is 10.5. The number of hydrogen-bond acceptors (Lipinski definition) is 8. The molecular weight excluding hydrogens is 481 g/mol. The van der Waals surface area contributed by atoms with E-state index in [0.29, 0.717) is 0 Å². The smallest absolute Gasteiger partial charge is 0.404 e. The van der Waals surface area contributed by atoms with Gasteiger partial charge in [0.1, 0.15) is 11.2 Å². The van der Waals surface area contributed by atoms with Gasteiger partial charge in [-0.3, -0.25) is 9.29 Å². The maximum absolute atomic E-state index is 15.3. The zero-order chi connectivity index (χ0) is 23.9. The first-order valence-corrected chi connectivity index (χ1v) is 12.7. The predicted molar refractivity (Wildman–Crippen MR) is 127 cm³/mol. The number of oxazole rings is 1. The molecule has 0 saturated heterocycles. The first kappa shape index (κ1) is 22.4. The van der Waals surface area contributed by atoms with Gasteiger partial charge in [-0.15, -0.1) is 0 Å². The fourth-order valence-electron chi connectivity index (χ4n) is 4.17. The van der Waals surface area contributed by atoms with Gasteiger partial charge in [-0.1, -0.05) is 30.3 Å². The third-order valence-corrected chi connectivity index (χ3v) is 7.83. The van der Waals surface area contributed by atoms with Gasteiger partial charge in [0.05, 0.1) is 11.6 Å². The quantitative estimate of drug-likeness (QED) is 0.416. The molecule has 0 unspecified atom stereocenters. The van der Waals surface area contributed by atoms with Crippen molar-refractivity contribution in [3.05, 3.63) is 76.3 Å². The van der Waals surface area contributed by atoms with Crippen molar-refractivity contribution in [2.24, 2.45) is 0 Å². The molecule has 2 aromatic carbocycles. The van der Waals surface area contributed by atoms with E-state index in [1.807, 2.05) is 31.2 Å². The van der Waals surface area contributed by atoms with Gasteiger partial charge in [0, 0.05) is 18.1 Å². The summed E-state index contributed by atoms with van der Waals surface area (Å²) >= 11 is 0.815. The summed E-state index contributed by atoms with van der Waals surface area (Å²) < 4.78 is 53.1. The minimum Gasteiger partial charge on any atom is -0.404 e. The number of anilines is 1. The Balaban J connectivity index is 1.59. The monoisotopic (exact) mass is 501 g/mol. The van der Waals surface area contributed by atoms with Crippen LogP contribution in [0.25, 0.3) is 16.7 Å². The zero-order valence-electron chi connectivity index (χ0n) is 18.0. The van der Waals surface area contributed by atoms with E-state index in [0.717, 1.165) is 48.2 Å². The number of aromatic nitrogens is 3. The number of nitrogens with one attached hydrogen (secondary N) is 2. The van der Waals surface area contributed by atoms with E-state index in [1.165, 1.54) is 22.5 Å². The fraction of sp³-hybridized carbons (Fsp3) is 0.227. The van der Waals surface area contributed by atoms with Crippen LogP contribution < -0.4 is 15.8 Å². The molecule has 1 aliphatic heterocycles. The number of fused-ring (bicyclic) bond motifs is 1. The van der Waals surface area contributed by atoms with E-state index in [1.54, 1.807) is 0 Å². The summed E-state index contributed by atoms with van der Waals surface area (Å²) in [5.41, 5.74) is 2.81. The largest absolute Gasteiger partial charge is 0.420 e. The Morgan fingerprint density at radius 1 is 1.26 bits per heavy atom. The minimum atomic E-state index is -4.30. The molecule has 1 atom stereocenters. The maximum Gasteiger partial charge on any atom is 0.420 e. The van der Waals surface area contributed by atoms with Gasteiger partial charge in [-0.05, 0) is 48.7 Å². The summed E-state index contributed by atoms with van der Waals surface area (Å²) in [4.78, 5) is 15.9. The molecular formula is C22H20FN5O4S2. The van der Waals surface area contributed by atoms with Gasteiger partial charge in [-0.2, -0.15) is 4.37 Å². The summed E-state index contributed by atoms with van der Waals surface area (Å²) in [6, 6.07) is 9.75. The molecule has 0 fully saturated rings. The molecule has 9 nitrogen and oxygen atoms in total. The van der Waals surface area contributed by atoms with Crippen molar-refractivity contribution in [2.75, 3.05) is 17.8 Å². The van der Waals surface area contributed by atoms with Gasteiger partial charge in [-0.25, -0.2) is 22.6 Å². The molecule has 5 rings (SSSR count). The third-order valence-electron chi connectivity index (χ3n) is 5.77. The van der Waals surface area contributed by atoms with E-state index in [2.05, 4.69) is 25.5 Å². The highest BCUT2D eigenvalue weighted by atomic mass is 32.2. The number of hydrogen-bond donors (Lipinski definition) is 2. The van der Waals surface area contributed by atoms with Crippen molar-refractivity contribution in [1.29, 1.82) is 0 Å². The molecule has 0 aliphatic carbocycles. The highest BCUT2D eigenvalue weighted by Crippen LogP contribution is 2.32. The summed E-state index contributed by atoms with van der Waals surface area (Å²) in [6.07, 6.45) is 4.15. The third kappa shape index (κ3) is 3.93. The van der Waals surface area contributed by atoms with Crippen LogP contribution in [-0.4, -0.2) is 35.4 Å². The van der Waals surface area contributed by atoms with E-state index in [9.17, 15) is 13.2 Å². The second-order valence-electron chi connectivity index (χ2n) is 7.76. The molecule has 0 bridgehead atoms. The number of benzene rings is 2. The Bertz CT molecular complexity index is 1560. The van der Waals surface area contributed by atoms with Crippen molar-refractivity contribution in [1.82, 2.24) is 19.2 Å². The van der Waals surface area contributed by atoms with Crippen LogP contribution >= 0.6 is 11.5 Å². The first-order chi connectivity index (χ1) is 16.4. The molecule has 0 spiro atoms. The van der Waals surface area contributed by atoms with E-state index >= 15 is 4.39 Å². The van der Waals surface area contributed by atoms with Gasteiger partial charge >= 0.3 is 5.76 Å². The average molecular weight is 502 g/mol. The van der Waals surface area contributed by atoms with Gasteiger partial charge < -0.3 is 9.73 Å². The lowest BCUT2D eigenvalue weighted by molar-refractivity contribution is 0.473. The molecule has 12 heteroatoms. The Hall–Kier alpha value is -3.35. The average Bonchev–Trinajstić information content (AvgIpc) is 3.46. The molecule has 0 radical (unpaired) electrons. The van der Waals surface area contributed by atoms with Crippen LogP contribution in [0, 0.1) is 5.82 Å². The van der Waals surface area contributed by atoms with Crippen LogP contribution in [-0.2, 0) is 10.0 Å². The van der Waals surface area contributed by atoms with E-state index in [4.69, 9.17) is 4.42 Å². The lowest BCUT2D eigenvalue weighted by Crippen LogP contribution is -2.22. The van der Waals surface area contributed by atoms with Gasteiger partial charge in [0.15, 0.2) is 11.4 Å². The number of rotatable bonds is 6. The maximum atomic E-state index is 15.3. The normalized spacial score (nSPS) is 15.3. The molecule has 3 heterocycles. The lowest BCUT2D eigenvalue weighted by Gasteiger charge is -2.21. The topological polar surface area (TPSA) is 119 Å². The lowest BCUT2D eigenvalue weighted by atomic mass is 9.92. The molecule has 1 aliphatic rings. The molecule has 4 aromatic rings. The molecule has 0 amide bonds. The highest BCUT2D eigenvalue weighted by molar-refractivity contribution is 7.93. The summed E-state index contributed by atoms with van der Waals surface area (Å²) in [6.45, 7) is 3.45. The van der Waals surface area contributed by atoms with Gasteiger partial charge in [0.2, 0.25) is 5.13 Å². The summed E-state index contributed by atoms with van der Waals surface area (Å²) in [7, 11) is -4.30. The van der Waals surface area contributed by atoms with E-state index in [-0.39, 0.29) is 10.6 Å². The van der Waals surface area contributed by atoms with Crippen LogP contribution in [0.2, 0.25) is 0 Å². The molecule has 0 saturated carbocycles. The van der Waals surface area contributed by atoms with E-state index < -0.39 is 38.1 Å². The van der Waals surface area contributed by atoms with Crippen LogP contribution in [0.3, 0.4) is 0 Å². The Kier molecular flexibility index (Phi) is 5.80. The molecule has 2 N–H and O–H groups in total. The van der Waals surface area contributed by atoms with Crippen molar-refractivity contribution in [2.45, 2.75) is 24.3 Å². The molecule has 2 aromatic heterocycles. The second kappa shape index (κ2) is 8.78. The molecule has 34 heavy (non-hydrogen) atoms. The van der Waals surface area contributed by atoms with Gasteiger partial charge in [0.25, 0.3) is 10.0 Å². The Morgan fingerprint density at radius 2 is 2.09 bits per heavy atom. The van der Waals surface area contributed by atoms with Crippen LogP contribution in [0.5, 0.6) is 0 Å². The van der Waals surface area contributed by atoms with Crippen molar-refractivity contribution in [3.8, 4) is 0 Å². The number of halogens is 1. The SMILES string of the molecule is C[C@@H](c1ccccc1C1=CCNCC1)n1c(=O)oc2c(F)c(S(=O)(=O)Nc3ncns3)ccc21. The Labute approximate surface area is 198 Å². The van der Waals surface area contributed by atoms with Crippen LogP contribution in [0.4, 0.5) is 9.52 Å². The Morgan fingerprint density at radius 3 is 2.82 bits per heavy atom. The van der Waals surface area contributed by atoms with Crippen LogP contribution in [0.1, 0.15) is 30.5 Å². The number of sulfonamides is 1. The summed E-state index contributed by atoms with van der Waals surface area (Å²) in [5.74, 6) is -1.92. The number of nitrogens with zero attached hydrogens (tertiary/aromatic N) is 3. The minimum absolute atomic E-state index is 0.00373.